The van der Waals surface area contributed by atoms with E-state index in [0.717, 1.165) is 36.6 Å². The minimum Gasteiger partial charge on any atom is -0.313 e. The summed E-state index contributed by atoms with van der Waals surface area (Å²) in [5.74, 6) is 1.25. The number of rotatable bonds is 4. The Kier molecular flexibility index (Phi) is 3.97. The third kappa shape index (κ3) is 2.96. The smallest absolute Gasteiger partial charge is 0.187 e. The van der Waals surface area contributed by atoms with E-state index in [1.807, 2.05) is 6.07 Å². The molecule has 1 heterocycles. The molecule has 1 aliphatic rings. The molecule has 17 heavy (non-hydrogen) atoms. The van der Waals surface area contributed by atoms with Crippen LogP contribution in [0.15, 0.2) is 23.6 Å². The summed E-state index contributed by atoms with van der Waals surface area (Å²) in [4.78, 5) is 8.31. The molecule has 2 rings (SSSR count). The Morgan fingerprint density at radius 1 is 1.53 bits per heavy atom. The van der Waals surface area contributed by atoms with Crippen LogP contribution >= 0.6 is 11.8 Å². The van der Waals surface area contributed by atoms with E-state index in [1.165, 1.54) is 0 Å². The van der Waals surface area contributed by atoms with Gasteiger partial charge in [-0.05, 0) is 31.2 Å². The lowest BCUT2D eigenvalue weighted by Crippen LogP contribution is -2.41. The minimum absolute atomic E-state index is 0.323. The lowest BCUT2D eigenvalue weighted by atomic mass is 9.88. The van der Waals surface area contributed by atoms with Gasteiger partial charge >= 0.3 is 0 Å². The summed E-state index contributed by atoms with van der Waals surface area (Å²) in [6.07, 6.45) is 7.43. The van der Waals surface area contributed by atoms with Crippen LogP contribution in [0.25, 0.3) is 0 Å². The Hall–Kier alpha value is -1.12. The van der Waals surface area contributed by atoms with E-state index < -0.39 is 5.54 Å². The number of nitriles is 1. The Labute approximate surface area is 106 Å². The van der Waals surface area contributed by atoms with E-state index in [4.69, 9.17) is 11.0 Å². The van der Waals surface area contributed by atoms with Crippen LogP contribution < -0.4 is 5.73 Å². The summed E-state index contributed by atoms with van der Waals surface area (Å²) < 4.78 is 0. The van der Waals surface area contributed by atoms with E-state index in [-0.39, 0.29) is 0 Å². The van der Waals surface area contributed by atoms with Gasteiger partial charge in [0.15, 0.2) is 5.16 Å². The first-order chi connectivity index (χ1) is 8.24. The number of aromatic nitrogens is 2. The van der Waals surface area contributed by atoms with Crippen molar-refractivity contribution in [3.8, 4) is 6.07 Å². The molecular weight excluding hydrogens is 232 g/mol. The molecule has 1 aromatic heterocycles. The first-order valence-electron chi connectivity index (χ1n) is 5.84. The van der Waals surface area contributed by atoms with Crippen molar-refractivity contribution >= 4 is 11.8 Å². The number of hydrogen-bond donors (Lipinski definition) is 1. The molecule has 2 N–H and O–H groups in total. The highest BCUT2D eigenvalue weighted by Crippen LogP contribution is 2.36. The Morgan fingerprint density at radius 2 is 2.29 bits per heavy atom. The number of nitrogens with two attached hydrogens (primary N) is 1. The van der Waals surface area contributed by atoms with Crippen LogP contribution in [0.3, 0.4) is 0 Å². The largest absolute Gasteiger partial charge is 0.313 e. The second-order valence-corrected chi connectivity index (χ2v) is 5.47. The average Bonchev–Trinajstić information content (AvgIpc) is 2.73. The Balaban J connectivity index is 1.81. The molecule has 1 saturated carbocycles. The van der Waals surface area contributed by atoms with Crippen LogP contribution in [-0.2, 0) is 0 Å². The summed E-state index contributed by atoms with van der Waals surface area (Å²) in [7, 11) is 0. The minimum atomic E-state index is -0.599. The van der Waals surface area contributed by atoms with Gasteiger partial charge in [-0.2, -0.15) is 5.26 Å². The normalized spacial score (nSPS) is 27.9. The maximum atomic E-state index is 9.11. The van der Waals surface area contributed by atoms with Gasteiger partial charge in [0.25, 0.3) is 0 Å². The monoisotopic (exact) mass is 248 g/mol. The second kappa shape index (κ2) is 5.48. The fraction of sp³-hybridized carbons (Fsp3) is 0.583. The van der Waals surface area contributed by atoms with E-state index in [0.29, 0.717) is 5.92 Å². The van der Waals surface area contributed by atoms with Crippen molar-refractivity contribution in [2.24, 2.45) is 11.7 Å². The Morgan fingerprint density at radius 3 is 3.00 bits per heavy atom. The molecule has 0 saturated heterocycles. The first kappa shape index (κ1) is 12.3. The molecule has 5 heteroatoms. The molecule has 0 spiro atoms. The highest BCUT2D eigenvalue weighted by Gasteiger charge is 2.39. The summed E-state index contributed by atoms with van der Waals surface area (Å²) in [6.45, 7) is 0. The molecule has 4 nitrogen and oxygen atoms in total. The zero-order valence-corrected chi connectivity index (χ0v) is 10.5. The van der Waals surface area contributed by atoms with E-state index in [9.17, 15) is 0 Å². The summed E-state index contributed by atoms with van der Waals surface area (Å²) >= 11 is 1.63. The summed E-state index contributed by atoms with van der Waals surface area (Å²) in [6, 6.07) is 4.08. The SMILES string of the molecule is N#CC1(N)CCCC1CCSc1ncccn1. The van der Waals surface area contributed by atoms with Gasteiger partial charge < -0.3 is 5.73 Å². The van der Waals surface area contributed by atoms with Crippen LogP contribution in [0.1, 0.15) is 25.7 Å². The second-order valence-electron chi connectivity index (χ2n) is 4.41. The fourth-order valence-electron chi connectivity index (χ4n) is 2.30. The highest BCUT2D eigenvalue weighted by molar-refractivity contribution is 7.99. The van der Waals surface area contributed by atoms with Gasteiger partial charge in [-0.15, -0.1) is 0 Å². The third-order valence-electron chi connectivity index (χ3n) is 3.32. The molecule has 0 amide bonds. The standard InChI is InChI=1S/C12H16N4S/c13-9-12(14)5-1-3-10(12)4-8-17-11-15-6-2-7-16-11/h2,6-7,10H,1,3-5,8,14H2. The number of hydrogen-bond acceptors (Lipinski definition) is 5. The van der Waals surface area contributed by atoms with Crippen molar-refractivity contribution in [2.45, 2.75) is 36.4 Å². The average molecular weight is 248 g/mol. The fourth-order valence-corrected chi connectivity index (χ4v) is 3.16. The maximum absolute atomic E-state index is 9.11. The molecule has 0 bridgehead atoms. The zero-order valence-electron chi connectivity index (χ0n) is 9.67. The van der Waals surface area contributed by atoms with Crippen molar-refractivity contribution in [1.29, 1.82) is 5.26 Å². The van der Waals surface area contributed by atoms with Crippen LogP contribution in [0.4, 0.5) is 0 Å². The third-order valence-corrected chi connectivity index (χ3v) is 4.23. The van der Waals surface area contributed by atoms with Crippen molar-refractivity contribution in [3.05, 3.63) is 18.5 Å². The molecule has 1 fully saturated rings. The van der Waals surface area contributed by atoms with Crippen LogP contribution in [-0.4, -0.2) is 21.3 Å². The van der Waals surface area contributed by atoms with E-state index >= 15 is 0 Å². The number of thioether (sulfide) groups is 1. The molecule has 0 radical (unpaired) electrons. The van der Waals surface area contributed by atoms with Gasteiger partial charge in [-0.1, -0.05) is 18.2 Å². The van der Waals surface area contributed by atoms with Crippen LogP contribution in [0.5, 0.6) is 0 Å². The molecule has 2 atom stereocenters. The van der Waals surface area contributed by atoms with Crippen molar-refractivity contribution in [2.75, 3.05) is 5.75 Å². The molecule has 2 unspecified atom stereocenters. The van der Waals surface area contributed by atoms with Crippen LogP contribution in [0.2, 0.25) is 0 Å². The predicted octanol–water partition coefficient (Wildman–Crippen LogP) is 1.98. The van der Waals surface area contributed by atoms with Crippen molar-refractivity contribution in [1.82, 2.24) is 9.97 Å². The zero-order chi connectivity index (χ0) is 12.1. The summed E-state index contributed by atoms with van der Waals surface area (Å²) in [5, 5.41) is 9.90. The Bertz CT molecular complexity index is 403. The van der Waals surface area contributed by atoms with Gasteiger partial charge in [0.2, 0.25) is 0 Å². The van der Waals surface area contributed by atoms with Gasteiger partial charge in [-0.3, -0.25) is 0 Å². The molecule has 90 valence electrons. The topological polar surface area (TPSA) is 75.6 Å². The number of nitrogens with zero attached hydrogens (tertiary/aromatic N) is 3. The van der Waals surface area contributed by atoms with Crippen LogP contribution in [0, 0.1) is 17.2 Å². The quantitative estimate of drug-likeness (QED) is 0.651. The lowest BCUT2D eigenvalue weighted by Gasteiger charge is -2.23. The summed E-state index contributed by atoms with van der Waals surface area (Å²) in [5.41, 5.74) is 5.48. The molecule has 1 aliphatic carbocycles. The van der Waals surface area contributed by atoms with E-state index in [1.54, 1.807) is 24.2 Å². The van der Waals surface area contributed by atoms with Gasteiger partial charge in [0.1, 0.15) is 5.54 Å². The molecule has 0 aromatic carbocycles. The van der Waals surface area contributed by atoms with Crippen molar-refractivity contribution in [3.63, 3.8) is 0 Å². The van der Waals surface area contributed by atoms with Gasteiger partial charge in [0.05, 0.1) is 6.07 Å². The maximum Gasteiger partial charge on any atom is 0.187 e. The lowest BCUT2D eigenvalue weighted by molar-refractivity contribution is 0.389. The van der Waals surface area contributed by atoms with Crippen molar-refractivity contribution < 1.29 is 0 Å². The van der Waals surface area contributed by atoms with E-state index in [2.05, 4.69) is 16.0 Å². The highest BCUT2D eigenvalue weighted by atomic mass is 32.2. The molecule has 1 aromatic rings. The predicted molar refractivity (Wildman–Crippen MR) is 67.2 cm³/mol. The first-order valence-corrected chi connectivity index (χ1v) is 6.83. The van der Waals surface area contributed by atoms with Gasteiger partial charge in [-0.25, -0.2) is 9.97 Å². The van der Waals surface area contributed by atoms with Gasteiger partial charge in [0, 0.05) is 18.1 Å². The molecular formula is C12H16N4S. The molecule has 0 aliphatic heterocycles.